The predicted molar refractivity (Wildman–Crippen MR) is 105 cm³/mol. The zero-order chi connectivity index (χ0) is 20.1. The van der Waals surface area contributed by atoms with Crippen molar-refractivity contribution in [3.63, 3.8) is 0 Å². The highest BCUT2D eigenvalue weighted by molar-refractivity contribution is 6.00. The molecule has 1 aromatic rings. The van der Waals surface area contributed by atoms with Gasteiger partial charge >= 0.3 is 0 Å². The van der Waals surface area contributed by atoms with Gasteiger partial charge < -0.3 is 20.3 Å². The van der Waals surface area contributed by atoms with Crippen molar-refractivity contribution in [2.24, 2.45) is 22.7 Å². The summed E-state index contributed by atoms with van der Waals surface area (Å²) in [6.45, 7) is 9.47. The lowest BCUT2D eigenvalue weighted by atomic mass is 9.43. The number of aliphatic hydroxyl groups is 1. The van der Waals surface area contributed by atoms with E-state index in [1.54, 1.807) is 6.07 Å². The second-order valence-corrected chi connectivity index (χ2v) is 10.4. The predicted octanol–water partition coefficient (Wildman–Crippen LogP) is 3.54. The molecule has 5 atom stereocenters. The van der Waals surface area contributed by atoms with Gasteiger partial charge in [0.15, 0.2) is 0 Å². The highest BCUT2D eigenvalue weighted by Crippen LogP contribution is 2.67. The van der Waals surface area contributed by atoms with Crippen molar-refractivity contribution in [3.8, 4) is 11.5 Å². The van der Waals surface area contributed by atoms with E-state index in [0.29, 0.717) is 30.4 Å². The second kappa shape index (κ2) is 5.44. The number of aliphatic hydroxyl groups excluding tert-OH is 1. The monoisotopic (exact) mass is 385 g/mol. The zero-order valence-corrected chi connectivity index (χ0v) is 17.3. The van der Waals surface area contributed by atoms with Gasteiger partial charge in [0.1, 0.15) is 17.1 Å². The molecule has 0 saturated heterocycles. The number of nitrogens with one attached hydrogen (secondary N) is 1. The quantitative estimate of drug-likeness (QED) is 0.638. The first kappa shape index (κ1) is 18.3. The number of hydrogen-bond donors (Lipinski definition) is 3. The lowest BCUT2D eigenvalue weighted by molar-refractivity contribution is -0.210. The van der Waals surface area contributed by atoms with Crippen LogP contribution in [0, 0.1) is 22.7 Å². The van der Waals surface area contributed by atoms with E-state index < -0.39 is 5.60 Å². The van der Waals surface area contributed by atoms with E-state index in [-0.39, 0.29) is 28.6 Å². The van der Waals surface area contributed by atoms with Crippen LogP contribution in [0.15, 0.2) is 6.07 Å². The van der Waals surface area contributed by atoms with Gasteiger partial charge in [0.05, 0.1) is 11.7 Å². The van der Waals surface area contributed by atoms with Gasteiger partial charge in [0.25, 0.3) is 5.91 Å². The first-order valence-corrected chi connectivity index (χ1v) is 10.6. The summed E-state index contributed by atoms with van der Waals surface area (Å²) in [6.07, 6.45) is 4.21. The minimum absolute atomic E-state index is 0.0955. The van der Waals surface area contributed by atoms with E-state index in [0.717, 1.165) is 42.6 Å². The molecule has 2 fully saturated rings. The van der Waals surface area contributed by atoms with E-state index in [1.165, 1.54) is 0 Å². The summed E-state index contributed by atoms with van der Waals surface area (Å²) in [5, 5.41) is 24.3. The molecule has 2 heterocycles. The summed E-state index contributed by atoms with van der Waals surface area (Å²) in [5.74, 6) is 1.46. The number of rotatable bonds is 0. The SMILES string of the molecule is C[C@@H]1CC[C@@H]2C(C)(C)[C@H](O)CC[C@@]2(C)[C@]12Cc1c(O)cc3c(c1O2)CNC3=O. The third-order valence-corrected chi connectivity index (χ3v) is 8.97. The normalized spacial score (nSPS) is 40.5. The molecule has 152 valence electrons. The fraction of sp³-hybridized carbons (Fsp3) is 0.696. The average molecular weight is 386 g/mol. The number of amides is 1. The van der Waals surface area contributed by atoms with Crippen molar-refractivity contribution in [1.29, 1.82) is 0 Å². The molecule has 0 aromatic heterocycles. The second-order valence-electron chi connectivity index (χ2n) is 10.4. The number of carbonyl (C=O) groups excluding carboxylic acids is 1. The first-order valence-electron chi connectivity index (χ1n) is 10.6. The van der Waals surface area contributed by atoms with Crippen LogP contribution < -0.4 is 10.1 Å². The van der Waals surface area contributed by atoms with Crippen LogP contribution >= 0.6 is 0 Å². The molecule has 28 heavy (non-hydrogen) atoms. The molecule has 1 aromatic carbocycles. The Morgan fingerprint density at radius 3 is 2.68 bits per heavy atom. The topological polar surface area (TPSA) is 78.8 Å². The summed E-state index contributed by atoms with van der Waals surface area (Å²) in [5.41, 5.74) is 1.61. The average Bonchev–Trinajstić information content (AvgIpc) is 3.20. The summed E-state index contributed by atoms with van der Waals surface area (Å²) >= 11 is 0. The number of hydrogen-bond acceptors (Lipinski definition) is 4. The van der Waals surface area contributed by atoms with E-state index in [9.17, 15) is 15.0 Å². The lowest BCUT2D eigenvalue weighted by Crippen LogP contribution is -2.66. The third-order valence-electron chi connectivity index (χ3n) is 8.97. The van der Waals surface area contributed by atoms with Crippen LogP contribution in [-0.4, -0.2) is 27.8 Å². The number of phenols is 1. The first-order chi connectivity index (χ1) is 13.1. The highest BCUT2D eigenvalue weighted by atomic mass is 16.5. The fourth-order valence-electron chi connectivity index (χ4n) is 7.19. The van der Waals surface area contributed by atoms with E-state index in [1.807, 2.05) is 0 Å². The summed E-state index contributed by atoms with van der Waals surface area (Å²) in [6, 6.07) is 1.61. The van der Waals surface area contributed by atoms with Crippen LogP contribution in [0.4, 0.5) is 0 Å². The van der Waals surface area contributed by atoms with Gasteiger partial charge in [-0.1, -0.05) is 27.7 Å². The summed E-state index contributed by atoms with van der Waals surface area (Å²) < 4.78 is 6.89. The Morgan fingerprint density at radius 1 is 1.18 bits per heavy atom. The smallest absolute Gasteiger partial charge is 0.252 e. The Morgan fingerprint density at radius 2 is 1.93 bits per heavy atom. The Kier molecular flexibility index (Phi) is 3.55. The molecular formula is C23H31NO4. The summed E-state index contributed by atoms with van der Waals surface area (Å²) in [4.78, 5) is 12.2. The number of fused-ring (bicyclic) bond motifs is 5. The third kappa shape index (κ3) is 1.99. The van der Waals surface area contributed by atoms with Crippen molar-refractivity contribution >= 4 is 5.91 Å². The molecule has 4 aliphatic rings. The zero-order valence-electron chi connectivity index (χ0n) is 17.3. The number of carbonyl (C=O) groups is 1. The Hall–Kier alpha value is -1.75. The summed E-state index contributed by atoms with van der Waals surface area (Å²) in [7, 11) is 0. The van der Waals surface area contributed by atoms with Crippen molar-refractivity contribution in [2.75, 3.05) is 0 Å². The molecule has 0 unspecified atom stereocenters. The molecule has 0 bridgehead atoms. The number of aromatic hydroxyl groups is 1. The van der Waals surface area contributed by atoms with E-state index in [4.69, 9.17) is 4.74 Å². The molecule has 2 aliphatic heterocycles. The maximum atomic E-state index is 12.2. The van der Waals surface area contributed by atoms with Gasteiger partial charge in [-0.25, -0.2) is 0 Å². The van der Waals surface area contributed by atoms with Gasteiger partial charge in [-0.05, 0) is 49.0 Å². The van der Waals surface area contributed by atoms with Crippen LogP contribution in [0.5, 0.6) is 11.5 Å². The molecule has 2 saturated carbocycles. The van der Waals surface area contributed by atoms with Gasteiger partial charge in [-0.15, -0.1) is 0 Å². The highest BCUT2D eigenvalue weighted by Gasteiger charge is 2.67. The number of phenolic OH excluding ortho intramolecular Hbond substituents is 1. The maximum Gasteiger partial charge on any atom is 0.252 e. The van der Waals surface area contributed by atoms with Crippen LogP contribution in [0.2, 0.25) is 0 Å². The van der Waals surface area contributed by atoms with Gasteiger partial charge in [0, 0.05) is 29.5 Å². The number of ether oxygens (including phenoxy) is 1. The van der Waals surface area contributed by atoms with E-state index >= 15 is 0 Å². The molecule has 2 aliphatic carbocycles. The van der Waals surface area contributed by atoms with Crippen LogP contribution in [-0.2, 0) is 13.0 Å². The van der Waals surface area contributed by atoms with Crippen molar-refractivity contribution in [1.82, 2.24) is 5.32 Å². The molecule has 1 spiro atoms. The largest absolute Gasteiger partial charge is 0.508 e. The molecule has 0 radical (unpaired) electrons. The molecule has 1 amide bonds. The standard InChI is InChI=1S/C23H31NO4/c1-12-5-6-17-21(2,3)18(26)7-8-22(17,4)23(12)10-14-16(25)9-13-15(19(14)28-23)11-24-20(13)27/h9,12,17-18,25-26H,5-8,10-11H2,1-4H3,(H,24,27)/t12-,17-,18-,22-,23+/m1/s1. The fourth-order valence-corrected chi connectivity index (χ4v) is 7.19. The molecule has 5 rings (SSSR count). The minimum atomic E-state index is -0.409. The van der Waals surface area contributed by atoms with Crippen molar-refractivity contribution in [2.45, 2.75) is 78.0 Å². The Labute approximate surface area is 166 Å². The van der Waals surface area contributed by atoms with Crippen molar-refractivity contribution < 1.29 is 19.7 Å². The minimum Gasteiger partial charge on any atom is -0.508 e. The van der Waals surface area contributed by atoms with E-state index in [2.05, 4.69) is 33.0 Å². The molecule has 5 nitrogen and oxygen atoms in total. The maximum absolute atomic E-state index is 12.2. The van der Waals surface area contributed by atoms with Gasteiger partial charge in [-0.3, -0.25) is 4.79 Å². The van der Waals surface area contributed by atoms with Crippen LogP contribution in [0.3, 0.4) is 0 Å². The molecule has 3 N–H and O–H groups in total. The Bertz CT molecular complexity index is 878. The van der Waals surface area contributed by atoms with Crippen molar-refractivity contribution in [3.05, 3.63) is 22.8 Å². The van der Waals surface area contributed by atoms with Crippen LogP contribution in [0.25, 0.3) is 0 Å². The molecular weight excluding hydrogens is 354 g/mol. The lowest BCUT2D eigenvalue weighted by Gasteiger charge is -2.64. The Balaban J connectivity index is 1.65. The molecule has 5 heteroatoms. The van der Waals surface area contributed by atoms with Crippen LogP contribution in [0.1, 0.15) is 74.9 Å². The van der Waals surface area contributed by atoms with Gasteiger partial charge in [-0.2, -0.15) is 0 Å². The van der Waals surface area contributed by atoms with Gasteiger partial charge in [0.2, 0.25) is 0 Å². The number of benzene rings is 1.